The SMILES string of the molecule is Br.Br.Cc1ccc2c(c1O)C[C@@H](C1CCN(C(C)Cc3ccccc3)CC1)O[C@H]2CN. The predicted octanol–water partition coefficient (Wildman–Crippen LogP) is 5.14. The molecule has 0 bridgehead atoms. The number of aromatic hydroxyl groups is 1. The fourth-order valence-corrected chi connectivity index (χ4v) is 5.10. The van der Waals surface area contributed by atoms with Gasteiger partial charge in [-0.25, -0.2) is 0 Å². The Balaban J connectivity index is 0.00000171. The predicted molar refractivity (Wildman–Crippen MR) is 138 cm³/mol. The van der Waals surface area contributed by atoms with Gasteiger partial charge in [0, 0.05) is 24.6 Å². The number of hydrogen-bond donors (Lipinski definition) is 2. The first-order valence-corrected chi connectivity index (χ1v) is 11.0. The summed E-state index contributed by atoms with van der Waals surface area (Å²) >= 11 is 0. The van der Waals surface area contributed by atoms with E-state index in [1.807, 2.05) is 13.0 Å². The summed E-state index contributed by atoms with van der Waals surface area (Å²) in [6.45, 7) is 6.98. The summed E-state index contributed by atoms with van der Waals surface area (Å²) in [5, 5.41) is 10.6. The zero-order chi connectivity index (χ0) is 20.4. The number of nitrogens with two attached hydrogens (primary N) is 1. The largest absolute Gasteiger partial charge is 0.507 e. The minimum absolute atomic E-state index is 0. The van der Waals surface area contributed by atoms with Crippen LogP contribution in [0.1, 0.15) is 48.1 Å². The van der Waals surface area contributed by atoms with Crippen LogP contribution in [-0.4, -0.2) is 41.8 Å². The van der Waals surface area contributed by atoms with Crippen LogP contribution in [0.5, 0.6) is 5.75 Å². The van der Waals surface area contributed by atoms with Gasteiger partial charge in [0.1, 0.15) is 5.75 Å². The molecule has 0 aliphatic carbocycles. The number of rotatable bonds is 5. The maximum absolute atomic E-state index is 10.6. The first-order valence-electron chi connectivity index (χ1n) is 11.0. The molecule has 2 aliphatic heterocycles. The van der Waals surface area contributed by atoms with Crippen molar-refractivity contribution in [1.82, 2.24) is 4.90 Å². The number of likely N-dealkylation sites (tertiary alicyclic amines) is 1. The number of phenols is 1. The van der Waals surface area contributed by atoms with Gasteiger partial charge in [0.05, 0.1) is 12.2 Å². The van der Waals surface area contributed by atoms with Gasteiger partial charge in [0.25, 0.3) is 0 Å². The molecular formula is C25H36Br2N2O2. The maximum Gasteiger partial charge on any atom is 0.122 e. The number of piperidine rings is 1. The zero-order valence-electron chi connectivity index (χ0n) is 18.5. The second-order valence-corrected chi connectivity index (χ2v) is 8.81. The monoisotopic (exact) mass is 554 g/mol. The fourth-order valence-electron chi connectivity index (χ4n) is 5.10. The average molecular weight is 556 g/mol. The molecule has 0 spiro atoms. The van der Waals surface area contributed by atoms with E-state index in [9.17, 15) is 5.11 Å². The first kappa shape index (κ1) is 26.3. The first-order chi connectivity index (χ1) is 14.1. The summed E-state index contributed by atoms with van der Waals surface area (Å²) in [6, 6.07) is 15.4. The Bertz CT molecular complexity index is 826. The van der Waals surface area contributed by atoms with E-state index in [1.54, 1.807) is 0 Å². The van der Waals surface area contributed by atoms with E-state index in [4.69, 9.17) is 10.5 Å². The second-order valence-electron chi connectivity index (χ2n) is 8.81. The van der Waals surface area contributed by atoms with E-state index < -0.39 is 0 Å². The highest BCUT2D eigenvalue weighted by Crippen LogP contribution is 2.40. The molecule has 31 heavy (non-hydrogen) atoms. The summed E-state index contributed by atoms with van der Waals surface area (Å²) in [5.41, 5.74) is 10.5. The molecule has 3 N–H and O–H groups in total. The number of nitrogens with zero attached hydrogens (tertiary/aromatic N) is 1. The molecule has 2 aromatic rings. The Hall–Kier alpha value is -0.920. The number of phenolic OH excluding ortho intramolecular Hbond substituents is 1. The minimum atomic E-state index is -0.106. The topological polar surface area (TPSA) is 58.7 Å². The van der Waals surface area contributed by atoms with Crippen LogP contribution in [0.15, 0.2) is 42.5 Å². The molecule has 0 radical (unpaired) electrons. The number of benzene rings is 2. The van der Waals surface area contributed by atoms with Crippen LogP contribution in [0.25, 0.3) is 0 Å². The van der Waals surface area contributed by atoms with Crippen molar-refractivity contribution < 1.29 is 9.84 Å². The van der Waals surface area contributed by atoms with Crippen LogP contribution < -0.4 is 5.73 Å². The normalized spacial score (nSPS) is 22.7. The van der Waals surface area contributed by atoms with Crippen molar-refractivity contribution in [2.75, 3.05) is 19.6 Å². The highest BCUT2D eigenvalue weighted by atomic mass is 79.9. The quantitative estimate of drug-likeness (QED) is 0.536. The summed E-state index contributed by atoms with van der Waals surface area (Å²) < 4.78 is 6.43. The van der Waals surface area contributed by atoms with Crippen molar-refractivity contribution in [2.24, 2.45) is 11.7 Å². The van der Waals surface area contributed by atoms with Crippen LogP contribution in [0.4, 0.5) is 0 Å². The van der Waals surface area contributed by atoms with Gasteiger partial charge in [-0.15, -0.1) is 34.0 Å². The number of hydrogen-bond acceptors (Lipinski definition) is 4. The molecule has 4 nitrogen and oxygen atoms in total. The summed E-state index contributed by atoms with van der Waals surface area (Å²) in [6.07, 6.45) is 4.22. The van der Waals surface area contributed by atoms with Gasteiger partial charge in [-0.3, -0.25) is 0 Å². The van der Waals surface area contributed by atoms with Crippen LogP contribution >= 0.6 is 34.0 Å². The molecule has 2 aromatic carbocycles. The van der Waals surface area contributed by atoms with Crippen LogP contribution in [0.2, 0.25) is 0 Å². The van der Waals surface area contributed by atoms with E-state index in [1.165, 1.54) is 5.56 Å². The molecular weight excluding hydrogens is 520 g/mol. The third-order valence-corrected chi connectivity index (χ3v) is 6.92. The molecule has 2 heterocycles. The van der Waals surface area contributed by atoms with Gasteiger partial charge >= 0.3 is 0 Å². The Morgan fingerprint density at radius 3 is 2.42 bits per heavy atom. The van der Waals surface area contributed by atoms with E-state index in [0.717, 1.165) is 55.5 Å². The van der Waals surface area contributed by atoms with Gasteiger partial charge in [-0.05, 0) is 68.8 Å². The Labute approximate surface area is 207 Å². The second kappa shape index (κ2) is 11.8. The lowest BCUT2D eigenvalue weighted by molar-refractivity contribution is -0.0665. The lowest BCUT2D eigenvalue weighted by atomic mass is 9.82. The number of fused-ring (bicyclic) bond motifs is 1. The molecule has 1 unspecified atom stereocenters. The van der Waals surface area contributed by atoms with Crippen molar-refractivity contribution in [3.8, 4) is 5.75 Å². The van der Waals surface area contributed by atoms with Gasteiger partial charge in [-0.1, -0.05) is 42.5 Å². The van der Waals surface area contributed by atoms with Crippen molar-refractivity contribution in [3.05, 3.63) is 64.7 Å². The van der Waals surface area contributed by atoms with Crippen molar-refractivity contribution in [3.63, 3.8) is 0 Å². The highest BCUT2D eigenvalue weighted by Gasteiger charge is 2.35. The lowest BCUT2D eigenvalue weighted by Crippen LogP contribution is -2.45. The molecule has 1 saturated heterocycles. The molecule has 172 valence electrons. The van der Waals surface area contributed by atoms with Crippen LogP contribution in [0, 0.1) is 12.8 Å². The van der Waals surface area contributed by atoms with E-state index in [-0.39, 0.29) is 46.2 Å². The van der Waals surface area contributed by atoms with Crippen LogP contribution in [0.3, 0.4) is 0 Å². The maximum atomic E-state index is 10.6. The standard InChI is InChI=1S/C25H34N2O2.2BrH/c1-17-8-9-21-22(25(17)28)15-23(29-24(21)16-26)20-10-12-27(13-11-20)18(2)14-19-6-4-3-5-7-19;;/h3-9,18,20,23-24,28H,10-16,26H2,1-2H3;2*1H/t18?,23-,24-;;/m0../s1. The third-order valence-electron chi connectivity index (χ3n) is 6.92. The van der Waals surface area contributed by atoms with E-state index in [2.05, 4.69) is 48.2 Å². The molecule has 3 atom stereocenters. The summed E-state index contributed by atoms with van der Waals surface area (Å²) in [4.78, 5) is 2.61. The van der Waals surface area contributed by atoms with Gasteiger partial charge in [-0.2, -0.15) is 0 Å². The minimum Gasteiger partial charge on any atom is -0.507 e. The van der Waals surface area contributed by atoms with Gasteiger partial charge in [0.15, 0.2) is 0 Å². The molecule has 4 rings (SSSR count). The number of ether oxygens (including phenoxy) is 1. The summed E-state index contributed by atoms with van der Waals surface area (Å²) in [5.74, 6) is 0.959. The smallest absolute Gasteiger partial charge is 0.122 e. The third kappa shape index (κ3) is 5.91. The average Bonchev–Trinajstić information content (AvgIpc) is 2.76. The van der Waals surface area contributed by atoms with Crippen molar-refractivity contribution in [2.45, 2.75) is 57.8 Å². The fraction of sp³-hybridized carbons (Fsp3) is 0.520. The Morgan fingerprint density at radius 2 is 1.77 bits per heavy atom. The van der Waals surface area contributed by atoms with Crippen LogP contribution in [-0.2, 0) is 17.6 Å². The Kier molecular flexibility index (Phi) is 10.0. The van der Waals surface area contributed by atoms with Crippen molar-refractivity contribution >= 4 is 34.0 Å². The lowest BCUT2D eigenvalue weighted by Gasteiger charge is -2.42. The molecule has 1 fully saturated rings. The molecule has 0 amide bonds. The highest BCUT2D eigenvalue weighted by molar-refractivity contribution is 8.93. The number of aryl methyl sites for hydroxylation is 1. The van der Waals surface area contributed by atoms with Gasteiger partial charge in [0.2, 0.25) is 0 Å². The molecule has 2 aliphatic rings. The molecule has 0 saturated carbocycles. The molecule has 6 heteroatoms. The number of halogens is 2. The zero-order valence-corrected chi connectivity index (χ0v) is 21.9. The van der Waals surface area contributed by atoms with Gasteiger partial charge < -0.3 is 20.5 Å². The Morgan fingerprint density at radius 1 is 1.10 bits per heavy atom. The van der Waals surface area contributed by atoms with Crippen molar-refractivity contribution in [1.29, 1.82) is 0 Å². The molecule has 0 aromatic heterocycles. The van der Waals surface area contributed by atoms with E-state index in [0.29, 0.717) is 24.3 Å². The summed E-state index contributed by atoms with van der Waals surface area (Å²) in [7, 11) is 0. The van der Waals surface area contributed by atoms with E-state index >= 15 is 0 Å².